The highest BCUT2D eigenvalue weighted by molar-refractivity contribution is 8.15. The quantitative estimate of drug-likeness (QED) is 0.269. The number of aryl methyl sites for hydroxylation is 1. The van der Waals surface area contributed by atoms with Gasteiger partial charge in [-0.25, -0.2) is 4.39 Å². The molecule has 1 fully saturated rings. The van der Waals surface area contributed by atoms with Gasteiger partial charge in [0.25, 0.3) is 16.1 Å². The monoisotopic (exact) mass is 529 g/mol. The van der Waals surface area contributed by atoms with Gasteiger partial charge < -0.3 is 14.2 Å². The number of alkyl halides is 1. The molecule has 36 heavy (non-hydrogen) atoms. The van der Waals surface area contributed by atoms with E-state index in [9.17, 15) is 14.0 Å². The third-order valence-electron chi connectivity index (χ3n) is 5.38. The third-order valence-corrected chi connectivity index (χ3v) is 6.66. The van der Waals surface area contributed by atoms with Crippen molar-refractivity contribution in [3.05, 3.63) is 82.9 Å². The van der Waals surface area contributed by atoms with Crippen molar-refractivity contribution >= 4 is 34.5 Å². The maximum atomic E-state index is 14.9. The number of imide groups is 1. The Kier molecular flexibility index (Phi) is 8.38. The first-order chi connectivity index (χ1) is 17.4. The topological polar surface area (TPSA) is 73.9 Å². The van der Waals surface area contributed by atoms with Crippen molar-refractivity contribution in [2.45, 2.75) is 31.2 Å². The number of carbonyl (C=O) groups is 2. The van der Waals surface area contributed by atoms with Gasteiger partial charge in [-0.2, -0.15) is 0 Å². The molecule has 4 rings (SSSR count). The van der Waals surface area contributed by atoms with Gasteiger partial charge in [-0.05, 0) is 66.2 Å². The molecule has 1 N–H and O–H groups in total. The van der Waals surface area contributed by atoms with E-state index in [-0.39, 0.29) is 22.3 Å². The van der Waals surface area contributed by atoms with Crippen molar-refractivity contribution in [1.29, 1.82) is 0 Å². The summed E-state index contributed by atoms with van der Waals surface area (Å²) in [6.07, 6.45) is 2.42. The Morgan fingerprint density at radius 3 is 2.33 bits per heavy atom. The largest absolute Gasteiger partial charge is 0.493 e. The zero-order valence-electron chi connectivity index (χ0n) is 19.6. The van der Waals surface area contributed by atoms with E-state index < -0.39 is 16.1 Å². The minimum Gasteiger partial charge on any atom is -0.493 e. The average Bonchev–Trinajstić information content (AvgIpc) is 3.13. The van der Waals surface area contributed by atoms with Crippen LogP contribution < -0.4 is 19.5 Å². The lowest BCUT2D eigenvalue weighted by atomic mass is 10.1. The predicted octanol–water partition coefficient (Wildman–Crippen LogP) is 7.04. The Bertz CT molecular complexity index is 1240. The molecule has 1 atom stereocenters. The zero-order chi connectivity index (χ0) is 25.5. The van der Waals surface area contributed by atoms with Crippen LogP contribution in [0.1, 0.15) is 30.9 Å². The maximum absolute atomic E-state index is 14.9. The van der Waals surface area contributed by atoms with Crippen LogP contribution in [-0.4, -0.2) is 24.4 Å². The number of rotatable bonds is 11. The van der Waals surface area contributed by atoms with E-state index in [1.807, 2.05) is 53.8 Å². The first-order valence-electron chi connectivity index (χ1n) is 11.5. The minimum atomic E-state index is -2.50. The normalized spacial score (nSPS) is 17.1. The van der Waals surface area contributed by atoms with Crippen LogP contribution in [0.3, 0.4) is 0 Å². The lowest BCUT2D eigenvalue weighted by Crippen LogP contribution is -2.30. The lowest BCUT2D eigenvalue weighted by molar-refractivity contribution is -0.126. The van der Waals surface area contributed by atoms with Crippen molar-refractivity contribution in [2.24, 2.45) is 0 Å². The maximum Gasteiger partial charge on any atom is 0.289 e. The molecule has 9 heteroatoms. The fraction of sp³-hybridized carbons (Fsp3) is 0.259. The van der Waals surface area contributed by atoms with E-state index >= 15 is 0 Å². The van der Waals surface area contributed by atoms with Crippen LogP contribution >= 0.6 is 23.4 Å². The Balaban J connectivity index is 1.29. The molecular weight excluding hydrogens is 505 g/mol. The number of hydrogen-bond acceptors (Lipinski definition) is 6. The smallest absolute Gasteiger partial charge is 0.289 e. The highest BCUT2D eigenvalue weighted by Gasteiger charge is 2.50. The molecule has 0 aliphatic carbocycles. The molecule has 2 amide bonds. The van der Waals surface area contributed by atoms with Gasteiger partial charge in [0, 0.05) is 12.0 Å². The van der Waals surface area contributed by atoms with Gasteiger partial charge >= 0.3 is 0 Å². The third kappa shape index (κ3) is 6.12. The van der Waals surface area contributed by atoms with E-state index in [1.54, 1.807) is 0 Å². The number of nitrogens with one attached hydrogen (secondary N) is 1. The molecule has 0 saturated carbocycles. The van der Waals surface area contributed by atoms with Crippen molar-refractivity contribution in [3.63, 3.8) is 0 Å². The number of thioether (sulfide) groups is 1. The number of amides is 2. The minimum absolute atomic E-state index is 0.0142. The van der Waals surface area contributed by atoms with Gasteiger partial charge in [0.05, 0.1) is 18.2 Å². The second-order valence-corrected chi connectivity index (χ2v) is 9.61. The fourth-order valence-electron chi connectivity index (χ4n) is 3.65. The summed E-state index contributed by atoms with van der Waals surface area (Å²) < 4.78 is 32.6. The molecule has 0 spiro atoms. The number of carbonyl (C=O) groups excluding carboxylic acids is 2. The van der Waals surface area contributed by atoms with Crippen LogP contribution in [-0.2, 0) is 16.2 Å². The Morgan fingerprint density at radius 1 is 0.944 bits per heavy atom. The van der Waals surface area contributed by atoms with Crippen LogP contribution in [0.15, 0.2) is 66.7 Å². The van der Waals surface area contributed by atoms with Gasteiger partial charge in [-0.15, -0.1) is 0 Å². The van der Waals surface area contributed by atoms with Gasteiger partial charge in [0.15, 0.2) is 0 Å². The molecule has 3 aromatic rings. The van der Waals surface area contributed by atoms with Crippen LogP contribution in [0, 0.1) is 0 Å². The number of benzene rings is 3. The standard InChI is InChI=1S/C27H25ClFNO5S/c1-2-7-18-16-21(35-20-8-4-3-5-9-20)11-13-23(18)33-14-6-15-34-24-12-10-19(17-22(24)28)27(29)25(31)30-26(32)36-27/h3-5,8-13,16-17H,2,6-7,14-15H2,1H3,(H,30,31,32). The molecule has 0 bridgehead atoms. The summed E-state index contributed by atoms with van der Waals surface area (Å²) in [5, 5.41) is -1.14. The molecule has 1 aliphatic heterocycles. The van der Waals surface area contributed by atoms with E-state index in [4.69, 9.17) is 25.8 Å². The van der Waals surface area contributed by atoms with E-state index in [2.05, 4.69) is 6.92 Å². The summed E-state index contributed by atoms with van der Waals surface area (Å²) >= 11 is 6.51. The van der Waals surface area contributed by atoms with Crippen LogP contribution in [0.25, 0.3) is 0 Å². The van der Waals surface area contributed by atoms with Gasteiger partial charge in [0.2, 0.25) is 0 Å². The Morgan fingerprint density at radius 2 is 1.67 bits per heavy atom. The average molecular weight is 530 g/mol. The van der Waals surface area contributed by atoms with E-state index in [0.717, 1.165) is 35.7 Å². The van der Waals surface area contributed by atoms with Crippen LogP contribution in [0.5, 0.6) is 23.0 Å². The summed E-state index contributed by atoms with van der Waals surface area (Å²) in [7, 11) is 0. The van der Waals surface area contributed by atoms with E-state index in [0.29, 0.717) is 25.4 Å². The predicted molar refractivity (Wildman–Crippen MR) is 138 cm³/mol. The van der Waals surface area contributed by atoms with Crippen LogP contribution in [0.4, 0.5) is 9.18 Å². The molecule has 0 aromatic heterocycles. The van der Waals surface area contributed by atoms with Gasteiger partial charge in [-0.3, -0.25) is 14.9 Å². The fourth-order valence-corrected chi connectivity index (χ4v) is 4.68. The molecule has 1 heterocycles. The first-order valence-corrected chi connectivity index (χ1v) is 12.7. The van der Waals surface area contributed by atoms with Gasteiger partial charge in [0.1, 0.15) is 23.0 Å². The summed E-state index contributed by atoms with van der Waals surface area (Å²) in [6, 6.07) is 19.6. The number of ether oxygens (including phenoxy) is 3. The SMILES string of the molecule is CCCc1cc(Oc2ccccc2)ccc1OCCCOc1ccc(C2(F)SC(=O)NC2=O)cc1Cl. The number of halogens is 2. The van der Waals surface area contributed by atoms with Crippen molar-refractivity contribution < 1.29 is 28.2 Å². The molecule has 3 aromatic carbocycles. The van der Waals surface area contributed by atoms with Crippen molar-refractivity contribution in [3.8, 4) is 23.0 Å². The number of hydrogen-bond donors (Lipinski definition) is 1. The van der Waals surface area contributed by atoms with E-state index in [1.165, 1.54) is 18.2 Å². The lowest BCUT2D eigenvalue weighted by Gasteiger charge is -2.16. The highest BCUT2D eigenvalue weighted by Crippen LogP contribution is 2.44. The summed E-state index contributed by atoms with van der Waals surface area (Å²) in [6.45, 7) is 2.86. The Hall–Kier alpha value is -3.23. The Labute approximate surface area is 218 Å². The molecule has 0 radical (unpaired) electrons. The van der Waals surface area contributed by atoms with Crippen LogP contribution in [0.2, 0.25) is 5.02 Å². The highest BCUT2D eigenvalue weighted by atomic mass is 35.5. The summed E-state index contributed by atoms with van der Waals surface area (Å²) in [5.74, 6) is 1.67. The zero-order valence-corrected chi connectivity index (χ0v) is 21.2. The summed E-state index contributed by atoms with van der Waals surface area (Å²) in [5.41, 5.74) is 1.05. The molecule has 1 aliphatic rings. The van der Waals surface area contributed by atoms with Crippen molar-refractivity contribution in [2.75, 3.05) is 13.2 Å². The molecule has 1 unspecified atom stereocenters. The summed E-state index contributed by atoms with van der Waals surface area (Å²) in [4.78, 5) is 23.2. The first kappa shape index (κ1) is 25.9. The second-order valence-electron chi connectivity index (χ2n) is 8.07. The molecular formula is C27H25ClFNO5S. The molecule has 6 nitrogen and oxygen atoms in total. The molecule has 1 saturated heterocycles. The second kappa shape index (κ2) is 11.7. The molecule has 188 valence electrons. The number of para-hydroxylation sites is 1. The van der Waals surface area contributed by atoms with Crippen molar-refractivity contribution in [1.82, 2.24) is 5.32 Å². The van der Waals surface area contributed by atoms with Gasteiger partial charge in [-0.1, -0.05) is 49.2 Å².